The lowest BCUT2D eigenvalue weighted by Gasteiger charge is -2.23. The number of hydrogen-bond acceptors (Lipinski definition) is 6. The summed E-state index contributed by atoms with van der Waals surface area (Å²) in [7, 11) is 0. The van der Waals surface area contributed by atoms with Crippen LogP contribution in [0.15, 0.2) is 41.3 Å². The minimum absolute atomic E-state index is 0.00975. The van der Waals surface area contributed by atoms with Crippen molar-refractivity contribution in [3.8, 4) is 5.75 Å². The third-order valence-electron chi connectivity index (χ3n) is 4.33. The minimum atomic E-state index is -0.732. The van der Waals surface area contributed by atoms with Crippen molar-refractivity contribution in [1.82, 2.24) is 0 Å². The molecule has 0 fully saturated rings. The topological polar surface area (TPSA) is 97.4 Å². The molecule has 0 radical (unpaired) electrons. The van der Waals surface area contributed by atoms with Gasteiger partial charge in [0.05, 0.1) is 12.7 Å². The minimum Gasteiger partial charge on any atom is -0.491 e. The highest BCUT2D eigenvalue weighted by Gasteiger charge is 2.26. The van der Waals surface area contributed by atoms with Gasteiger partial charge < -0.3 is 20.5 Å². The summed E-state index contributed by atoms with van der Waals surface area (Å²) in [6, 6.07) is 10.00. The Morgan fingerprint density at radius 2 is 1.83 bits per heavy atom. The summed E-state index contributed by atoms with van der Waals surface area (Å²) in [6.07, 6.45) is 0.759. The van der Waals surface area contributed by atoms with Crippen molar-refractivity contribution in [3.05, 3.63) is 53.1 Å². The first-order valence-corrected chi connectivity index (χ1v) is 10.1. The van der Waals surface area contributed by atoms with E-state index < -0.39 is 12.0 Å². The van der Waals surface area contributed by atoms with Crippen LogP contribution in [0.25, 0.3) is 0 Å². The van der Waals surface area contributed by atoms with Crippen LogP contribution in [0.3, 0.4) is 0 Å². The quantitative estimate of drug-likeness (QED) is 0.212. The zero-order valence-corrected chi connectivity index (χ0v) is 18.2. The Bertz CT molecular complexity index is 866. The van der Waals surface area contributed by atoms with Crippen molar-refractivity contribution in [2.24, 2.45) is 5.73 Å². The van der Waals surface area contributed by atoms with Gasteiger partial charge in [-0.3, -0.25) is 5.41 Å². The van der Waals surface area contributed by atoms with Crippen LogP contribution in [-0.4, -0.2) is 24.5 Å². The fourth-order valence-corrected chi connectivity index (χ4v) is 3.45. The van der Waals surface area contributed by atoms with Crippen LogP contribution in [0.4, 0.5) is 5.69 Å². The number of thiol groups is 1. The predicted octanol–water partition coefficient (Wildman–Crippen LogP) is 4.33. The number of carbonyl (C=O) groups is 1. The average Bonchev–Trinajstić information content (AvgIpc) is 2.67. The van der Waals surface area contributed by atoms with E-state index in [0.29, 0.717) is 16.1 Å². The molecule has 0 heterocycles. The fourth-order valence-electron chi connectivity index (χ4n) is 2.98. The normalized spacial score (nSPS) is 11.8. The SMILES string of the molecule is CCOC(=O)C(Nc1ccc(C(=N)N)cc1)c1ccc(OC(C)C)c(CC)c1S. The number of amidine groups is 1. The van der Waals surface area contributed by atoms with Crippen molar-refractivity contribution in [2.75, 3.05) is 11.9 Å². The molecule has 156 valence electrons. The molecule has 4 N–H and O–H groups in total. The number of nitrogens with one attached hydrogen (secondary N) is 2. The molecule has 2 aromatic carbocycles. The van der Waals surface area contributed by atoms with Crippen LogP contribution in [0, 0.1) is 5.41 Å². The van der Waals surface area contributed by atoms with Crippen molar-refractivity contribution < 1.29 is 14.3 Å². The molecule has 0 aliphatic carbocycles. The second kappa shape index (κ2) is 10.2. The molecular weight excluding hydrogens is 386 g/mol. The van der Waals surface area contributed by atoms with Gasteiger partial charge in [0, 0.05) is 21.7 Å². The van der Waals surface area contributed by atoms with Gasteiger partial charge in [-0.15, -0.1) is 12.6 Å². The maximum Gasteiger partial charge on any atom is 0.333 e. The molecule has 0 saturated heterocycles. The van der Waals surface area contributed by atoms with Gasteiger partial charge in [0.25, 0.3) is 0 Å². The molecule has 0 aliphatic rings. The van der Waals surface area contributed by atoms with Gasteiger partial charge in [0.15, 0.2) is 6.04 Å². The number of rotatable bonds is 9. The second-order valence-electron chi connectivity index (χ2n) is 6.82. The number of benzene rings is 2. The predicted molar refractivity (Wildman–Crippen MR) is 119 cm³/mol. The van der Waals surface area contributed by atoms with Crippen LogP contribution >= 0.6 is 12.6 Å². The van der Waals surface area contributed by atoms with Crippen LogP contribution in [0.1, 0.15) is 50.4 Å². The summed E-state index contributed by atoms with van der Waals surface area (Å²) in [4.78, 5) is 13.4. The number of hydrogen-bond donors (Lipinski definition) is 4. The molecule has 0 spiro atoms. The number of carbonyl (C=O) groups excluding carboxylic acids is 1. The molecule has 0 aromatic heterocycles. The highest BCUT2D eigenvalue weighted by molar-refractivity contribution is 7.80. The highest BCUT2D eigenvalue weighted by atomic mass is 32.1. The van der Waals surface area contributed by atoms with E-state index in [-0.39, 0.29) is 18.5 Å². The van der Waals surface area contributed by atoms with E-state index in [1.165, 1.54) is 0 Å². The van der Waals surface area contributed by atoms with E-state index in [1.54, 1.807) is 31.2 Å². The van der Waals surface area contributed by atoms with Crippen LogP contribution in [0.2, 0.25) is 0 Å². The molecule has 0 aliphatic heterocycles. The maximum absolute atomic E-state index is 12.7. The van der Waals surface area contributed by atoms with E-state index in [2.05, 4.69) is 5.32 Å². The van der Waals surface area contributed by atoms with Crippen molar-refractivity contribution in [1.29, 1.82) is 5.41 Å². The van der Waals surface area contributed by atoms with Gasteiger partial charge in [-0.25, -0.2) is 4.79 Å². The smallest absolute Gasteiger partial charge is 0.333 e. The summed E-state index contributed by atoms with van der Waals surface area (Å²) in [5.41, 5.74) is 8.50. The Hall–Kier alpha value is -2.67. The van der Waals surface area contributed by atoms with Gasteiger partial charge >= 0.3 is 5.97 Å². The molecule has 1 unspecified atom stereocenters. The summed E-state index contributed by atoms with van der Waals surface area (Å²) in [5.74, 6) is 0.368. The van der Waals surface area contributed by atoms with Crippen LogP contribution in [0.5, 0.6) is 5.75 Å². The molecule has 0 bridgehead atoms. The van der Waals surface area contributed by atoms with Gasteiger partial charge in [0.1, 0.15) is 11.6 Å². The molecule has 0 saturated carbocycles. The van der Waals surface area contributed by atoms with Gasteiger partial charge in [0.2, 0.25) is 0 Å². The summed E-state index contributed by atoms with van der Waals surface area (Å²) >= 11 is 4.72. The second-order valence-corrected chi connectivity index (χ2v) is 7.27. The van der Waals surface area contributed by atoms with E-state index in [4.69, 9.17) is 33.2 Å². The Kier molecular flexibility index (Phi) is 7.96. The zero-order valence-electron chi connectivity index (χ0n) is 17.3. The molecule has 7 heteroatoms. The molecular formula is C22H29N3O3S. The number of nitrogen functional groups attached to an aromatic ring is 1. The first-order chi connectivity index (χ1) is 13.8. The largest absolute Gasteiger partial charge is 0.491 e. The third-order valence-corrected chi connectivity index (χ3v) is 4.86. The molecule has 1 atom stereocenters. The monoisotopic (exact) mass is 415 g/mol. The first-order valence-electron chi connectivity index (χ1n) is 9.67. The highest BCUT2D eigenvalue weighted by Crippen LogP contribution is 2.35. The summed E-state index contributed by atoms with van der Waals surface area (Å²) in [5, 5.41) is 10.7. The van der Waals surface area contributed by atoms with E-state index >= 15 is 0 Å². The zero-order chi connectivity index (χ0) is 21.6. The van der Waals surface area contributed by atoms with Gasteiger partial charge in [-0.05, 0) is 63.1 Å². The number of anilines is 1. The van der Waals surface area contributed by atoms with E-state index in [9.17, 15) is 4.79 Å². The number of nitrogens with two attached hydrogens (primary N) is 1. The van der Waals surface area contributed by atoms with Crippen molar-refractivity contribution in [2.45, 2.75) is 51.2 Å². The number of ether oxygens (including phenoxy) is 2. The first kappa shape index (κ1) is 22.6. The fraction of sp³-hybridized carbons (Fsp3) is 0.364. The molecule has 2 aromatic rings. The number of esters is 1. The Balaban J connectivity index is 2.44. The molecule has 29 heavy (non-hydrogen) atoms. The molecule has 2 rings (SSSR count). The van der Waals surface area contributed by atoms with Crippen LogP contribution < -0.4 is 15.8 Å². The maximum atomic E-state index is 12.7. The van der Waals surface area contributed by atoms with Crippen molar-refractivity contribution in [3.63, 3.8) is 0 Å². The Labute approximate surface area is 177 Å². The lowest BCUT2D eigenvalue weighted by molar-refractivity contribution is -0.144. The van der Waals surface area contributed by atoms with Crippen LogP contribution in [-0.2, 0) is 16.0 Å². The summed E-state index contributed by atoms with van der Waals surface area (Å²) < 4.78 is 11.2. The average molecular weight is 416 g/mol. The van der Waals surface area contributed by atoms with E-state index in [1.807, 2.05) is 32.9 Å². The lowest BCUT2D eigenvalue weighted by Crippen LogP contribution is -2.24. The van der Waals surface area contributed by atoms with E-state index in [0.717, 1.165) is 23.3 Å². The standard InChI is InChI=1S/C22H29N3O3S/c1-5-16-18(28-13(3)4)12-11-17(20(16)29)19(22(26)27-6-2)25-15-9-7-14(8-10-15)21(23)24/h7-13,19,25,29H,5-6H2,1-4H3,(H3,23,24). The Morgan fingerprint density at radius 1 is 1.17 bits per heavy atom. The van der Waals surface area contributed by atoms with Crippen molar-refractivity contribution >= 4 is 30.1 Å². The summed E-state index contributed by atoms with van der Waals surface area (Å²) in [6.45, 7) is 8.02. The lowest BCUT2D eigenvalue weighted by atomic mass is 10.0. The van der Waals surface area contributed by atoms with Gasteiger partial charge in [-0.2, -0.15) is 0 Å². The van der Waals surface area contributed by atoms with Gasteiger partial charge in [-0.1, -0.05) is 13.0 Å². The Morgan fingerprint density at radius 3 is 2.34 bits per heavy atom. The molecule has 0 amide bonds. The third kappa shape index (κ3) is 5.67. The molecule has 6 nitrogen and oxygen atoms in total.